The summed E-state index contributed by atoms with van der Waals surface area (Å²) in [7, 11) is 0. The number of aromatic nitrogens is 1. The first-order chi connectivity index (χ1) is 12.6. The van der Waals surface area contributed by atoms with E-state index in [0.717, 1.165) is 43.8 Å². The van der Waals surface area contributed by atoms with Crippen molar-refractivity contribution in [2.75, 3.05) is 25.0 Å². The molecule has 136 valence electrons. The zero-order chi connectivity index (χ0) is 18.4. The number of para-hydroxylation sites is 1. The Labute approximate surface area is 162 Å². The first-order valence-corrected chi connectivity index (χ1v) is 9.39. The molecule has 3 N–H and O–H groups in total. The molecule has 1 heterocycles. The predicted molar refractivity (Wildman–Crippen MR) is 111 cm³/mol. The topological polar surface area (TPSA) is 56.9 Å². The highest BCUT2D eigenvalue weighted by molar-refractivity contribution is 6.42. The lowest BCUT2D eigenvalue weighted by atomic mass is 10.1. The van der Waals surface area contributed by atoms with E-state index in [-0.39, 0.29) is 5.43 Å². The minimum atomic E-state index is 0.0293. The van der Waals surface area contributed by atoms with Gasteiger partial charge in [0.15, 0.2) is 5.43 Å². The number of rotatable bonds is 8. The predicted octanol–water partition coefficient (Wildman–Crippen LogP) is 4.47. The molecule has 0 spiro atoms. The molecule has 0 atom stereocenters. The number of hydrogen-bond acceptors (Lipinski definition) is 3. The number of H-pyrrole nitrogens is 1. The first kappa shape index (κ1) is 18.8. The van der Waals surface area contributed by atoms with E-state index in [1.54, 1.807) is 6.07 Å². The van der Waals surface area contributed by atoms with Crippen molar-refractivity contribution in [3.8, 4) is 0 Å². The van der Waals surface area contributed by atoms with Crippen molar-refractivity contribution in [3.63, 3.8) is 0 Å². The van der Waals surface area contributed by atoms with Crippen LogP contribution in [0.4, 0.5) is 5.82 Å². The number of anilines is 1. The summed E-state index contributed by atoms with van der Waals surface area (Å²) in [5.41, 5.74) is 2.04. The number of nitrogens with one attached hydrogen (secondary N) is 3. The molecule has 0 radical (unpaired) electrons. The van der Waals surface area contributed by atoms with Gasteiger partial charge in [-0.05, 0) is 55.8 Å². The Morgan fingerprint density at radius 2 is 1.77 bits per heavy atom. The third-order valence-corrected chi connectivity index (χ3v) is 4.90. The van der Waals surface area contributed by atoms with Crippen LogP contribution in [0.5, 0.6) is 0 Å². The summed E-state index contributed by atoms with van der Waals surface area (Å²) in [6, 6.07) is 14.9. The van der Waals surface area contributed by atoms with Gasteiger partial charge in [-0.3, -0.25) is 4.79 Å². The smallest absolute Gasteiger partial charge is 0.191 e. The summed E-state index contributed by atoms with van der Waals surface area (Å²) in [5.74, 6) is 0.754. The molecule has 0 saturated heterocycles. The van der Waals surface area contributed by atoms with Crippen molar-refractivity contribution in [1.82, 2.24) is 10.3 Å². The van der Waals surface area contributed by atoms with Crippen LogP contribution in [0, 0.1) is 0 Å². The number of hydrogen-bond donors (Lipinski definition) is 3. The van der Waals surface area contributed by atoms with Gasteiger partial charge in [-0.25, -0.2) is 0 Å². The van der Waals surface area contributed by atoms with E-state index in [4.69, 9.17) is 23.2 Å². The summed E-state index contributed by atoms with van der Waals surface area (Å²) >= 11 is 11.9. The summed E-state index contributed by atoms with van der Waals surface area (Å²) in [5, 5.41) is 8.57. The van der Waals surface area contributed by atoms with Gasteiger partial charge < -0.3 is 15.6 Å². The fourth-order valence-corrected chi connectivity index (χ4v) is 3.10. The third kappa shape index (κ3) is 5.01. The van der Waals surface area contributed by atoms with Crippen LogP contribution in [0.2, 0.25) is 10.0 Å². The van der Waals surface area contributed by atoms with Crippen molar-refractivity contribution in [1.29, 1.82) is 0 Å². The molecule has 0 aliphatic heterocycles. The lowest BCUT2D eigenvalue weighted by Crippen LogP contribution is -2.21. The molecule has 3 rings (SSSR count). The molecule has 0 saturated carbocycles. The maximum absolute atomic E-state index is 12.1. The zero-order valence-corrected chi connectivity index (χ0v) is 15.8. The van der Waals surface area contributed by atoms with Gasteiger partial charge in [-0.1, -0.05) is 41.4 Å². The zero-order valence-electron chi connectivity index (χ0n) is 14.3. The van der Waals surface area contributed by atoms with E-state index in [1.807, 2.05) is 42.5 Å². The number of benzene rings is 2. The third-order valence-electron chi connectivity index (χ3n) is 4.16. The fraction of sp³-hybridized carbons (Fsp3) is 0.250. The Hall–Kier alpha value is -2.01. The first-order valence-electron chi connectivity index (χ1n) is 8.64. The van der Waals surface area contributed by atoms with Crippen LogP contribution in [0.25, 0.3) is 10.9 Å². The largest absolute Gasteiger partial charge is 0.371 e. The molecule has 0 fully saturated rings. The molecule has 0 amide bonds. The Morgan fingerprint density at radius 1 is 0.923 bits per heavy atom. The summed E-state index contributed by atoms with van der Waals surface area (Å²) in [4.78, 5) is 15.3. The van der Waals surface area contributed by atoms with Crippen molar-refractivity contribution < 1.29 is 0 Å². The molecular formula is C20H21Cl2N3O. The van der Waals surface area contributed by atoms with Gasteiger partial charge in [0, 0.05) is 18.0 Å². The van der Waals surface area contributed by atoms with Crippen LogP contribution in [0.1, 0.15) is 12.0 Å². The number of pyridine rings is 1. The van der Waals surface area contributed by atoms with Gasteiger partial charge in [0.05, 0.1) is 15.6 Å². The summed E-state index contributed by atoms with van der Waals surface area (Å²) in [6.45, 7) is 2.56. The number of aromatic amines is 1. The Bertz CT molecular complexity index is 940. The molecule has 1 aromatic heterocycles. The second-order valence-electron chi connectivity index (χ2n) is 6.12. The van der Waals surface area contributed by atoms with Crippen LogP contribution >= 0.6 is 23.2 Å². The average molecular weight is 390 g/mol. The highest BCUT2D eigenvalue weighted by Gasteiger charge is 2.01. The molecule has 0 unspecified atom stereocenters. The highest BCUT2D eigenvalue weighted by Crippen LogP contribution is 2.22. The molecule has 6 heteroatoms. The average Bonchev–Trinajstić information content (AvgIpc) is 2.64. The second kappa shape index (κ2) is 9.08. The molecule has 2 aromatic carbocycles. The van der Waals surface area contributed by atoms with Gasteiger partial charge in [-0.15, -0.1) is 0 Å². The van der Waals surface area contributed by atoms with Gasteiger partial charge in [0.2, 0.25) is 0 Å². The van der Waals surface area contributed by atoms with Gasteiger partial charge in [-0.2, -0.15) is 0 Å². The highest BCUT2D eigenvalue weighted by atomic mass is 35.5. The van der Waals surface area contributed by atoms with Crippen LogP contribution < -0.4 is 16.1 Å². The molecule has 26 heavy (non-hydrogen) atoms. The van der Waals surface area contributed by atoms with Crippen molar-refractivity contribution in [2.24, 2.45) is 0 Å². The quantitative estimate of drug-likeness (QED) is 0.498. The summed E-state index contributed by atoms with van der Waals surface area (Å²) < 4.78 is 0. The van der Waals surface area contributed by atoms with Crippen LogP contribution in [-0.4, -0.2) is 24.6 Å². The van der Waals surface area contributed by atoms with Gasteiger partial charge >= 0.3 is 0 Å². The van der Waals surface area contributed by atoms with Crippen LogP contribution in [0.15, 0.2) is 53.3 Å². The number of fused-ring (bicyclic) bond motifs is 1. The van der Waals surface area contributed by atoms with E-state index in [9.17, 15) is 4.79 Å². The summed E-state index contributed by atoms with van der Waals surface area (Å²) in [6.07, 6.45) is 1.86. The number of halogens is 2. The van der Waals surface area contributed by atoms with Gasteiger partial charge in [0.1, 0.15) is 5.82 Å². The Balaban J connectivity index is 1.38. The lowest BCUT2D eigenvalue weighted by Gasteiger charge is -2.09. The molecular weight excluding hydrogens is 369 g/mol. The van der Waals surface area contributed by atoms with Crippen molar-refractivity contribution >= 4 is 39.9 Å². The van der Waals surface area contributed by atoms with Crippen molar-refractivity contribution in [3.05, 3.63) is 74.4 Å². The maximum Gasteiger partial charge on any atom is 0.191 e. The second-order valence-corrected chi connectivity index (χ2v) is 6.94. The standard InChI is InChI=1S/C20H21Cl2N3O/c21-16-7-6-14(12-17(16)22)8-11-23-9-3-10-24-20-13-19(26)15-4-1-2-5-18(15)25-20/h1-2,4-7,12-13,23H,3,8-11H2,(H2,24,25,26). The minimum absolute atomic E-state index is 0.0293. The molecule has 4 nitrogen and oxygen atoms in total. The molecule has 3 aromatic rings. The Morgan fingerprint density at radius 3 is 2.62 bits per heavy atom. The van der Waals surface area contributed by atoms with Crippen molar-refractivity contribution in [2.45, 2.75) is 12.8 Å². The van der Waals surface area contributed by atoms with E-state index in [1.165, 1.54) is 5.56 Å². The normalized spacial score (nSPS) is 11.0. The van der Waals surface area contributed by atoms with Gasteiger partial charge in [0.25, 0.3) is 0 Å². The Kier molecular flexibility index (Phi) is 6.56. The molecule has 0 aliphatic rings. The van der Waals surface area contributed by atoms with E-state index in [2.05, 4.69) is 15.6 Å². The fourth-order valence-electron chi connectivity index (χ4n) is 2.78. The van der Waals surface area contributed by atoms with E-state index < -0.39 is 0 Å². The van der Waals surface area contributed by atoms with E-state index in [0.29, 0.717) is 15.4 Å². The van der Waals surface area contributed by atoms with Crippen LogP contribution in [-0.2, 0) is 6.42 Å². The lowest BCUT2D eigenvalue weighted by molar-refractivity contribution is 0.660. The minimum Gasteiger partial charge on any atom is -0.371 e. The van der Waals surface area contributed by atoms with E-state index >= 15 is 0 Å². The monoisotopic (exact) mass is 389 g/mol. The molecule has 0 bridgehead atoms. The van der Waals surface area contributed by atoms with Crippen LogP contribution in [0.3, 0.4) is 0 Å². The SMILES string of the molecule is O=c1cc(NCCCNCCc2ccc(Cl)c(Cl)c2)[nH]c2ccccc12. The maximum atomic E-state index is 12.1. The molecule has 0 aliphatic carbocycles.